The van der Waals surface area contributed by atoms with E-state index in [-0.39, 0.29) is 18.2 Å². The smallest absolute Gasteiger partial charge is 0.319 e. The van der Waals surface area contributed by atoms with Crippen molar-refractivity contribution in [2.75, 3.05) is 30.4 Å². The van der Waals surface area contributed by atoms with Crippen LogP contribution >= 0.6 is 0 Å². The van der Waals surface area contributed by atoms with Gasteiger partial charge in [0.1, 0.15) is 11.6 Å². The van der Waals surface area contributed by atoms with Gasteiger partial charge in [0, 0.05) is 31.5 Å². The maximum atomic E-state index is 12.4. The average Bonchev–Trinajstić information content (AvgIpc) is 2.88. The molecule has 0 bridgehead atoms. The number of anilines is 2. The molecule has 36 heavy (non-hydrogen) atoms. The number of nitrogens with one attached hydrogen (secondary N) is 2. The number of rotatable bonds is 9. The van der Waals surface area contributed by atoms with E-state index in [0.29, 0.717) is 25.4 Å². The molecule has 1 aliphatic heterocycles. The summed E-state index contributed by atoms with van der Waals surface area (Å²) in [4.78, 5) is 19.2. The molecule has 0 radical (unpaired) electrons. The molecule has 3 aromatic rings. The molecule has 1 aliphatic rings. The Hall–Kier alpha value is -3.62. The Kier molecular flexibility index (Phi) is 8.76. The van der Waals surface area contributed by atoms with Gasteiger partial charge in [0.25, 0.3) is 0 Å². The lowest BCUT2D eigenvalue weighted by Crippen LogP contribution is -2.45. The maximum Gasteiger partial charge on any atom is 0.319 e. The van der Waals surface area contributed by atoms with Crippen LogP contribution in [0.5, 0.6) is 5.75 Å². The number of ether oxygens (including phenoxy) is 3. The van der Waals surface area contributed by atoms with Crippen LogP contribution in [0.4, 0.5) is 16.3 Å². The van der Waals surface area contributed by atoms with Crippen LogP contribution in [0.15, 0.2) is 66.9 Å². The monoisotopic (exact) mass is 490 g/mol. The predicted molar refractivity (Wildman–Crippen MR) is 140 cm³/mol. The Morgan fingerprint density at radius 3 is 2.42 bits per heavy atom. The van der Waals surface area contributed by atoms with Gasteiger partial charge in [-0.05, 0) is 60.9 Å². The molecule has 2 atom stereocenters. The van der Waals surface area contributed by atoms with Gasteiger partial charge < -0.3 is 29.7 Å². The summed E-state index contributed by atoms with van der Waals surface area (Å²) in [5.41, 5.74) is 3.69. The molecule has 1 saturated heterocycles. The zero-order valence-electron chi connectivity index (χ0n) is 21.1. The summed E-state index contributed by atoms with van der Waals surface area (Å²) in [6, 6.07) is 19.1. The highest BCUT2D eigenvalue weighted by Gasteiger charge is 2.23. The SMILES string of the molecule is COc1ccc(COCc2cccc(NC(=O)NCc3ccc(N4CC(C)OC(C)C4)nc3)c2)cc1. The van der Waals surface area contributed by atoms with Crippen molar-refractivity contribution >= 4 is 17.5 Å². The van der Waals surface area contributed by atoms with Crippen molar-refractivity contribution in [1.82, 2.24) is 10.3 Å². The summed E-state index contributed by atoms with van der Waals surface area (Å²) < 4.78 is 16.8. The Morgan fingerprint density at radius 1 is 1.00 bits per heavy atom. The summed E-state index contributed by atoms with van der Waals surface area (Å²) in [5, 5.41) is 5.77. The Labute approximate surface area is 212 Å². The number of hydrogen-bond donors (Lipinski definition) is 2. The fourth-order valence-electron chi connectivity index (χ4n) is 4.18. The number of aromatic nitrogens is 1. The number of benzene rings is 2. The van der Waals surface area contributed by atoms with Gasteiger partial charge in [-0.1, -0.05) is 30.3 Å². The molecule has 1 fully saturated rings. The van der Waals surface area contributed by atoms with E-state index >= 15 is 0 Å². The van der Waals surface area contributed by atoms with Crippen molar-refractivity contribution in [1.29, 1.82) is 0 Å². The lowest BCUT2D eigenvalue weighted by molar-refractivity contribution is -0.00546. The number of morpholine rings is 1. The predicted octanol–water partition coefficient (Wildman–Crippen LogP) is 4.74. The molecule has 2 N–H and O–H groups in total. The molecular formula is C28H34N4O4. The first-order valence-corrected chi connectivity index (χ1v) is 12.2. The number of urea groups is 1. The van der Waals surface area contributed by atoms with Gasteiger partial charge in [0.2, 0.25) is 0 Å². The fourth-order valence-corrected chi connectivity index (χ4v) is 4.18. The zero-order valence-corrected chi connectivity index (χ0v) is 21.1. The number of pyridine rings is 1. The summed E-state index contributed by atoms with van der Waals surface area (Å²) in [6.07, 6.45) is 2.17. The number of amides is 2. The van der Waals surface area contributed by atoms with Crippen molar-refractivity contribution in [3.63, 3.8) is 0 Å². The highest BCUT2D eigenvalue weighted by molar-refractivity contribution is 5.89. The molecule has 1 aromatic heterocycles. The molecular weight excluding hydrogens is 456 g/mol. The van der Waals surface area contributed by atoms with Gasteiger partial charge in [0.15, 0.2) is 0 Å². The normalized spacial score (nSPS) is 17.5. The van der Waals surface area contributed by atoms with Crippen molar-refractivity contribution in [2.24, 2.45) is 0 Å². The molecule has 0 spiro atoms. The van der Waals surface area contributed by atoms with E-state index in [0.717, 1.165) is 41.3 Å². The van der Waals surface area contributed by atoms with E-state index in [1.165, 1.54) is 0 Å². The van der Waals surface area contributed by atoms with Gasteiger partial charge in [0.05, 0.1) is 32.5 Å². The summed E-state index contributed by atoms with van der Waals surface area (Å²) in [7, 11) is 1.65. The average molecular weight is 491 g/mol. The minimum Gasteiger partial charge on any atom is -0.497 e. The number of hydrogen-bond acceptors (Lipinski definition) is 6. The molecule has 2 unspecified atom stereocenters. The number of nitrogens with zero attached hydrogens (tertiary/aromatic N) is 2. The van der Waals surface area contributed by atoms with Crippen LogP contribution in [-0.2, 0) is 29.2 Å². The van der Waals surface area contributed by atoms with Crippen LogP contribution in [0.25, 0.3) is 0 Å². The van der Waals surface area contributed by atoms with Gasteiger partial charge in [-0.25, -0.2) is 9.78 Å². The van der Waals surface area contributed by atoms with Crippen LogP contribution in [0.1, 0.15) is 30.5 Å². The van der Waals surface area contributed by atoms with Crippen LogP contribution in [-0.4, -0.2) is 43.4 Å². The highest BCUT2D eigenvalue weighted by Crippen LogP contribution is 2.19. The van der Waals surface area contributed by atoms with Gasteiger partial charge in [-0.15, -0.1) is 0 Å². The first-order chi connectivity index (χ1) is 17.5. The van der Waals surface area contributed by atoms with E-state index < -0.39 is 0 Å². The third-order valence-corrected chi connectivity index (χ3v) is 5.89. The second kappa shape index (κ2) is 12.4. The maximum absolute atomic E-state index is 12.4. The van der Waals surface area contributed by atoms with E-state index in [9.17, 15) is 4.79 Å². The van der Waals surface area contributed by atoms with Crippen LogP contribution in [0, 0.1) is 0 Å². The highest BCUT2D eigenvalue weighted by atomic mass is 16.5. The molecule has 2 heterocycles. The van der Waals surface area contributed by atoms with Crippen LogP contribution in [0.2, 0.25) is 0 Å². The van der Waals surface area contributed by atoms with E-state index in [4.69, 9.17) is 14.2 Å². The van der Waals surface area contributed by atoms with Gasteiger partial charge in [-0.3, -0.25) is 0 Å². The lowest BCUT2D eigenvalue weighted by Gasteiger charge is -2.36. The molecule has 0 saturated carbocycles. The molecule has 2 amide bonds. The Bertz CT molecular complexity index is 1110. The quantitative estimate of drug-likeness (QED) is 0.451. The van der Waals surface area contributed by atoms with Crippen LogP contribution in [0.3, 0.4) is 0 Å². The number of carbonyl (C=O) groups excluding carboxylic acids is 1. The molecule has 0 aliphatic carbocycles. The first-order valence-electron chi connectivity index (χ1n) is 12.2. The summed E-state index contributed by atoms with van der Waals surface area (Å²) in [5.74, 6) is 1.75. The van der Waals surface area contributed by atoms with E-state index in [1.54, 1.807) is 13.3 Å². The molecule has 8 heteroatoms. The van der Waals surface area contributed by atoms with Gasteiger partial charge >= 0.3 is 6.03 Å². The van der Waals surface area contributed by atoms with E-state index in [2.05, 4.69) is 34.4 Å². The van der Waals surface area contributed by atoms with Crippen molar-refractivity contribution in [2.45, 2.75) is 45.8 Å². The number of methoxy groups -OCH3 is 1. The fraction of sp³-hybridized carbons (Fsp3) is 0.357. The van der Waals surface area contributed by atoms with E-state index in [1.807, 2.05) is 60.7 Å². The third kappa shape index (κ3) is 7.44. The Balaban J connectivity index is 1.21. The minimum atomic E-state index is -0.272. The molecule has 8 nitrogen and oxygen atoms in total. The largest absolute Gasteiger partial charge is 0.497 e. The topological polar surface area (TPSA) is 85.0 Å². The first kappa shape index (κ1) is 25.5. The van der Waals surface area contributed by atoms with Gasteiger partial charge in [-0.2, -0.15) is 0 Å². The minimum absolute atomic E-state index is 0.180. The lowest BCUT2D eigenvalue weighted by atomic mass is 10.2. The second-order valence-corrected chi connectivity index (χ2v) is 9.04. The van der Waals surface area contributed by atoms with Crippen molar-refractivity contribution in [3.05, 3.63) is 83.6 Å². The second-order valence-electron chi connectivity index (χ2n) is 9.04. The molecule has 2 aromatic carbocycles. The Morgan fingerprint density at radius 2 is 1.72 bits per heavy atom. The third-order valence-electron chi connectivity index (χ3n) is 5.89. The summed E-state index contributed by atoms with van der Waals surface area (Å²) >= 11 is 0. The summed E-state index contributed by atoms with van der Waals surface area (Å²) in [6.45, 7) is 7.13. The number of carbonyl (C=O) groups is 1. The zero-order chi connectivity index (χ0) is 25.3. The molecule has 4 rings (SSSR count). The standard InChI is InChI=1S/C28H34N4O4/c1-20-16-32(17-21(2)36-20)27-12-9-24(14-29-27)15-30-28(33)31-25-6-4-5-23(13-25)19-35-18-22-7-10-26(34-3)11-8-22/h4-14,20-21H,15-19H2,1-3H3,(H2,30,31,33). The molecule has 190 valence electrons. The van der Waals surface area contributed by atoms with Crippen molar-refractivity contribution < 1.29 is 19.0 Å². The van der Waals surface area contributed by atoms with Crippen molar-refractivity contribution in [3.8, 4) is 5.75 Å². The van der Waals surface area contributed by atoms with Crippen LogP contribution < -0.4 is 20.3 Å².